The van der Waals surface area contributed by atoms with Crippen molar-refractivity contribution < 1.29 is 5.11 Å². The summed E-state index contributed by atoms with van der Waals surface area (Å²) in [6, 6.07) is 10.9. The Bertz CT molecular complexity index is 617. The van der Waals surface area contributed by atoms with Gasteiger partial charge in [0.1, 0.15) is 5.75 Å². The molecule has 1 aromatic heterocycles. The van der Waals surface area contributed by atoms with Crippen molar-refractivity contribution >= 4 is 22.6 Å². The molecule has 18 heavy (non-hydrogen) atoms. The average Bonchev–Trinajstić information content (AvgIpc) is 2.28. The maximum Gasteiger partial charge on any atom is 0.254 e. The maximum absolute atomic E-state index is 11.9. The first kappa shape index (κ1) is 13.1. The normalized spacial score (nSPS) is 12.4. The predicted molar refractivity (Wildman–Crippen MR) is 80.1 cm³/mol. The lowest BCUT2D eigenvalue weighted by atomic mass is 10.1. The molecule has 0 bridgehead atoms. The number of rotatable bonds is 2. The SMILES string of the molecule is Cc1cc(O)cc(=O)n1C(C)c1ccc(I)cc1. The van der Waals surface area contributed by atoms with Crippen molar-refractivity contribution in [2.24, 2.45) is 0 Å². The first-order chi connectivity index (χ1) is 8.49. The van der Waals surface area contributed by atoms with E-state index in [2.05, 4.69) is 22.6 Å². The fourth-order valence-electron chi connectivity index (χ4n) is 2.08. The largest absolute Gasteiger partial charge is 0.508 e. The molecule has 0 aliphatic carbocycles. The fourth-order valence-corrected chi connectivity index (χ4v) is 2.44. The van der Waals surface area contributed by atoms with E-state index in [1.54, 1.807) is 10.6 Å². The number of pyridine rings is 1. The molecular weight excluding hydrogens is 341 g/mol. The lowest BCUT2D eigenvalue weighted by molar-refractivity contribution is 0.467. The van der Waals surface area contributed by atoms with Gasteiger partial charge in [-0.25, -0.2) is 0 Å². The predicted octanol–water partition coefficient (Wildman–Crippen LogP) is 3.08. The molecule has 2 aromatic rings. The number of hydrogen-bond acceptors (Lipinski definition) is 2. The van der Waals surface area contributed by atoms with Gasteiger partial charge in [0.25, 0.3) is 5.56 Å². The van der Waals surface area contributed by atoms with E-state index >= 15 is 0 Å². The molecule has 2 rings (SSSR count). The van der Waals surface area contributed by atoms with Crippen LogP contribution in [0.5, 0.6) is 5.75 Å². The molecule has 0 radical (unpaired) electrons. The number of aryl methyl sites for hydroxylation is 1. The molecule has 1 aromatic carbocycles. The highest BCUT2D eigenvalue weighted by Gasteiger charge is 2.12. The molecular formula is C14H14INO2. The molecule has 0 spiro atoms. The molecule has 1 unspecified atom stereocenters. The second-order valence-electron chi connectivity index (χ2n) is 4.29. The van der Waals surface area contributed by atoms with Gasteiger partial charge in [0.15, 0.2) is 0 Å². The molecule has 1 heterocycles. The summed E-state index contributed by atoms with van der Waals surface area (Å²) in [5, 5.41) is 9.39. The Morgan fingerprint density at radius 3 is 2.39 bits per heavy atom. The summed E-state index contributed by atoms with van der Waals surface area (Å²) in [6.45, 7) is 3.80. The topological polar surface area (TPSA) is 42.2 Å². The highest BCUT2D eigenvalue weighted by atomic mass is 127. The molecule has 0 aliphatic heterocycles. The van der Waals surface area contributed by atoms with E-state index in [4.69, 9.17) is 0 Å². The van der Waals surface area contributed by atoms with Crippen LogP contribution >= 0.6 is 22.6 Å². The van der Waals surface area contributed by atoms with Gasteiger partial charge in [0.2, 0.25) is 0 Å². The van der Waals surface area contributed by atoms with E-state index in [1.165, 1.54) is 9.64 Å². The van der Waals surface area contributed by atoms with Crippen LogP contribution in [-0.2, 0) is 0 Å². The van der Waals surface area contributed by atoms with Gasteiger partial charge in [-0.1, -0.05) is 12.1 Å². The minimum absolute atomic E-state index is 0.0172. The van der Waals surface area contributed by atoms with E-state index in [0.717, 1.165) is 11.3 Å². The van der Waals surface area contributed by atoms with Crippen LogP contribution in [0.25, 0.3) is 0 Å². The van der Waals surface area contributed by atoms with Crippen LogP contribution < -0.4 is 5.56 Å². The van der Waals surface area contributed by atoms with Gasteiger partial charge in [-0.05, 0) is 60.2 Å². The molecule has 4 heteroatoms. The summed E-state index contributed by atoms with van der Waals surface area (Å²) < 4.78 is 2.85. The highest BCUT2D eigenvalue weighted by Crippen LogP contribution is 2.20. The van der Waals surface area contributed by atoms with Crippen molar-refractivity contribution in [3.63, 3.8) is 0 Å². The summed E-state index contributed by atoms with van der Waals surface area (Å²) in [6.07, 6.45) is 0. The van der Waals surface area contributed by atoms with Crippen molar-refractivity contribution in [3.8, 4) is 5.75 Å². The maximum atomic E-state index is 11.9. The van der Waals surface area contributed by atoms with Gasteiger partial charge in [-0.3, -0.25) is 4.79 Å². The molecule has 0 saturated heterocycles. The minimum atomic E-state index is -0.182. The second-order valence-corrected chi connectivity index (χ2v) is 5.54. The van der Waals surface area contributed by atoms with Gasteiger partial charge in [-0.15, -0.1) is 0 Å². The molecule has 3 nitrogen and oxygen atoms in total. The smallest absolute Gasteiger partial charge is 0.254 e. The van der Waals surface area contributed by atoms with E-state index in [1.807, 2.05) is 38.1 Å². The Hall–Kier alpha value is -1.30. The second kappa shape index (κ2) is 5.14. The zero-order valence-corrected chi connectivity index (χ0v) is 12.4. The summed E-state index contributed by atoms with van der Waals surface area (Å²) in [4.78, 5) is 11.9. The first-order valence-corrected chi connectivity index (χ1v) is 6.74. The average molecular weight is 355 g/mol. The van der Waals surface area contributed by atoms with Crippen molar-refractivity contribution in [3.05, 3.63) is 61.6 Å². The number of halogens is 1. The van der Waals surface area contributed by atoms with Gasteiger partial charge in [0, 0.05) is 15.3 Å². The lowest BCUT2D eigenvalue weighted by Crippen LogP contribution is -2.25. The molecule has 0 fully saturated rings. The van der Waals surface area contributed by atoms with Crippen molar-refractivity contribution in [2.75, 3.05) is 0 Å². The van der Waals surface area contributed by atoms with Crippen LogP contribution in [0.1, 0.15) is 24.2 Å². The monoisotopic (exact) mass is 355 g/mol. The third kappa shape index (κ3) is 2.58. The van der Waals surface area contributed by atoms with Gasteiger partial charge in [-0.2, -0.15) is 0 Å². The standard InChI is InChI=1S/C14H14INO2/c1-9-7-13(17)8-14(18)16(9)10(2)11-3-5-12(15)6-4-11/h3-8,10,17H,1-2H3. The van der Waals surface area contributed by atoms with E-state index in [0.29, 0.717) is 0 Å². The van der Waals surface area contributed by atoms with Crippen LogP contribution in [0.2, 0.25) is 0 Å². The fraction of sp³-hybridized carbons (Fsp3) is 0.214. The minimum Gasteiger partial charge on any atom is -0.508 e. The number of benzene rings is 1. The van der Waals surface area contributed by atoms with Gasteiger partial charge < -0.3 is 9.67 Å². The molecule has 1 N–H and O–H groups in total. The molecule has 0 saturated carbocycles. The quantitative estimate of drug-likeness (QED) is 0.842. The molecule has 94 valence electrons. The Morgan fingerprint density at radius 2 is 1.83 bits per heavy atom. The van der Waals surface area contributed by atoms with Crippen LogP contribution in [-0.4, -0.2) is 9.67 Å². The van der Waals surface area contributed by atoms with Crippen LogP contribution in [0, 0.1) is 10.5 Å². The highest BCUT2D eigenvalue weighted by molar-refractivity contribution is 14.1. The number of nitrogens with zero attached hydrogens (tertiary/aromatic N) is 1. The zero-order valence-electron chi connectivity index (χ0n) is 10.2. The Kier molecular flexibility index (Phi) is 3.75. The van der Waals surface area contributed by atoms with E-state index in [-0.39, 0.29) is 17.4 Å². The number of hydrogen-bond donors (Lipinski definition) is 1. The van der Waals surface area contributed by atoms with Crippen LogP contribution in [0.4, 0.5) is 0 Å². The van der Waals surface area contributed by atoms with Gasteiger partial charge >= 0.3 is 0 Å². The third-order valence-corrected chi connectivity index (χ3v) is 3.70. The lowest BCUT2D eigenvalue weighted by Gasteiger charge is -2.18. The zero-order chi connectivity index (χ0) is 13.3. The summed E-state index contributed by atoms with van der Waals surface area (Å²) in [5.74, 6) is 0.0172. The molecule has 0 amide bonds. The first-order valence-electron chi connectivity index (χ1n) is 5.66. The molecule has 0 aliphatic rings. The Labute approximate surface area is 119 Å². The van der Waals surface area contributed by atoms with E-state index in [9.17, 15) is 9.90 Å². The van der Waals surface area contributed by atoms with Crippen LogP contribution in [0.3, 0.4) is 0 Å². The molecule has 1 atom stereocenters. The summed E-state index contributed by atoms with van der Waals surface area (Å²) in [7, 11) is 0. The summed E-state index contributed by atoms with van der Waals surface area (Å²) >= 11 is 2.25. The van der Waals surface area contributed by atoms with Crippen molar-refractivity contribution in [1.82, 2.24) is 4.57 Å². The Balaban J connectivity index is 2.49. The van der Waals surface area contributed by atoms with E-state index < -0.39 is 0 Å². The van der Waals surface area contributed by atoms with Crippen LogP contribution in [0.15, 0.2) is 41.2 Å². The summed E-state index contributed by atoms with van der Waals surface area (Å²) in [5.41, 5.74) is 1.65. The number of aromatic nitrogens is 1. The Morgan fingerprint density at radius 1 is 1.22 bits per heavy atom. The third-order valence-electron chi connectivity index (χ3n) is 2.99. The van der Waals surface area contributed by atoms with Crippen molar-refractivity contribution in [1.29, 1.82) is 0 Å². The van der Waals surface area contributed by atoms with Crippen molar-refractivity contribution in [2.45, 2.75) is 19.9 Å². The number of aromatic hydroxyl groups is 1. The van der Waals surface area contributed by atoms with Gasteiger partial charge in [0.05, 0.1) is 6.04 Å².